The molecule has 50 heavy (non-hydrogen) atoms. The highest BCUT2D eigenvalue weighted by molar-refractivity contribution is 6.12. The predicted molar refractivity (Wildman–Crippen MR) is 182 cm³/mol. The molecule has 3 aromatic carbocycles. The lowest BCUT2D eigenvalue weighted by molar-refractivity contribution is 0.0203. The van der Waals surface area contributed by atoms with Crippen LogP contribution in [0.4, 0.5) is 23.8 Å². The van der Waals surface area contributed by atoms with Gasteiger partial charge in [-0.15, -0.1) is 0 Å². The molecular formula is C37H38F3N5O5. The molecule has 3 N–H and O–H groups in total. The van der Waals surface area contributed by atoms with Crippen molar-refractivity contribution < 1.29 is 37.0 Å². The van der Waals surface area contributed by atoms with Crippen molar-refractivity contribution in [1.82, 2.24) is 19.7 Å². The SMILES string of the molecule is Cc1cc(Oc2ccccc2F)ccc1-n1ncc(C(=O)c2cc3cc(OCC(F)F)c(C4CCN(C(=O)OC(C)(C)C)CC4)cc3[nH]2)c1N. The number of para-hydroxylation sites is 1. The highest BCUT2D eigenvalue weighted by Gasteiger charge is 2.30. The summed E-state index contributed by atoms with van der Waals surface area (Å²) < 4.78 is 58.7. The van der Waals surface area contributed by atoms with Gasteiger partial charge in [0, 0.05) is 24.0 Å². The topological polar surface area (TPSA) is 125 Å². The van der Waals surface area contributed by atoms with Crippen molar-refractivity contribution >= 4 is 28.6 Å². The van der Waals surface area contributed by atoms with Crippen LogP contribution in [0.25, 0.3) is 16.6 Å². The molecule has 0 aliphatic carbocycles. The number of anilines is 1. The number of benzene rings is 3. The van der Waals surface area contributed by atoms with Gasteiger partial charge in [-0.3, -0.25) is 4.79 Å². The van der Waals surface area contributed by atoms with Gasteiger partial charge in [0.2, 0.25) is 5.78 Å². The quantitative estimate of drug-likeness (QED) is 0.150. The number of nitrogens with one attached hydrogen (secondary N) is 1. The summed E-state index contributed by atoms with van der Waals surface area (Å²) in [6.07, 6.45) is -0.527. The van der Waals surface area contributed by atoms with Gasteiger partial charge in [-0.1, -0.05) is 12.1 Å². The third-order valence-electron chi connectivity index (χ3n) is 8.46. The number of ether oxygens (including phenoxy) is 3. The third kappa shape index (κ3) is 7.41. The lowest BCUT2D eigenvalue weighted by Crippen LogP contribution is -2.41. The van der Waals surface area contributed by atoms with Gasteiger partial charge in [0.1, 0.15) is 29.5 Å². The van der Waals surface area contributed by atoms with Crippen LogP contribution < -0.4 is 15.2 Å². The van der Waals surface area contributed by atoms with Gasteiger partial charge in [-0.25, -0.2) is 22.6 Å². The van der Waals surface area contributed by atoms with E-state index >= 15 is 0 Å². The summed E-state index contributed by atoms with van der Waals surface area (Å²) in [4.78, 5) is 31.1. The Kier molecular flexibility index (Phi) is 9.50. The molecule has 3 heterocycles. The minimum Gasteiger partial charge on any atom is -0.487 e. The maximum atomic E-state index is 14.1. The smallest absolute Gasteiger partial charge is 0.410 e. The number of aromatic nitrogens is 3. The highest BCUT2D eigenvalue weighted by Crippen LogP contribution is 2.38. The van der Waals surface area contributed by atoms with Crippen molar-refractivity contribution in [3.63, 3.8) is 0 Å². The van der Waals surface area contributed by atoms with Crippen molar-refractivity contribution in [3.05, 3.63) is 95.1 Å². The number of nitrogens with zero attached hydrogens (tertiary/aromatic N) is 3. The molecule has 10 nitrogen and oxygen atoms in total. The van der Waals surface area contributed by atoms with Crippen molar-refractivity contribution in [3.8, 4) is 22.9 Å². The number of aromatic amines is 1. The van der Waals surface area contributed by atoms with E-state index in [4.69, 9.17) is 19.9 Å². The number of alkyl halides is 2. The Labute approximate surface area is 286 Å². The number of H-pyrrole nitrogens is 1. The minimum absolute atomic E-state index is 0.0752. The summed E-state index contributed by atoms with van der Waals surface area (Å²) in [5.74, 6) is -0.0542. The van der Waals surface area contributed by atoms with E-state index in [0.29, 0.717) is 59.6 Å². The first-order valence-electron chi connectivity index (χ1n) is 16.2. The molecular weight excluding hydrogens is 651 g/mol. The Hall–Kier alpha value is -5.46. The minimum atomic E-state index is -2.67. The summed E-state index contributed by atoms with van der Waals surface area (Å²) >= 11 is 0. The zero-order valence-corrected chi connectivity index (χ0v) is 28.1. The van der Waals surface area contributed by atoms with Crippen LogP contribution >= 0.6 is 0 Å². The molecule has 0 atom stereocenters. The van der Waals surface area contributed by atoms with Crippen LogP contribution in [-0.4, -0.2) is 63.3 Å². The van der Waals surface area contributed by atoms with Crippen LogP contribution in [0.1, 0.15) is 66.7 Å². The van der Waals surface area contributed by atoms with Gasteiger partial charge in [0.15, 0.2) is 11.6 Å². The molecule has 1 fully saturated rings. The number of likely N-dealkylation sites (tertiary alicyclic amines) is 1. The number of nitrogens with two attached hydrogens (primary N) is 1. The fourth-order valence-corrected chi connectivity index (χ4v) is 6.05. The maximum absolute atomic E-state index is 14.1. The summed E-state index contributed by atoms with van der Waals surface area (Å²) in [6, 6.07) is 16.3. The monoisotopic (exact) mass is 689 g/mol. The van der Waals surface area contributed by atoms with Crippen LogP contribution in [0.3, 0.4) is 0 Å². The van der Waals surface area contributed by atoms with Gasteiger partial charge >= 0.3 is 6.09 Å². The first kappa shape index (κ1) is 34.4. The van der Waals surface area contributed by atoms with Gasteiger partial charge in [0.25, 0.3) is 6.43 Å². The Morgan fingerprint density at radius 3 is 2.46 bits per heavy atom. The van der Waals surface area contributed by atoms with E-state index in [-0.39, 0.29) is 28.7 Å². The second-order valence-corrected chi connectivity index (χ2v) is 13.3. The zero-order chi connectivity index (χ0) is 35.7. The third-order valence-corrected chi connectivity index (χ3v) is 8.46. The largest absolute Gasteiger partial charge is 0.487 e. The average molecular weight is 690 g/mol. The van der Waals surface area contributed by atoms with Gasteiger partial charge < -0.3 is 29.8 Å². The molecule has 1 aliphatic heterocycles. The molecule has 0 unspecified atom stereocenters. The molecule has 13 heteroatoms. The van der Waals surface area contributed by atoms with E-state index in [0.717, 1.165) is 5.56 Å². The molecule has 2 aromatic heterocycles. The first-order chi connectivity index (χ1) is 23.8. The number of piperidine rings is 1. The summed E-state index contributed by atoms with van der Waals surface area (Å²) in [5.41, 5.74) is 8.88. The Morgan fingerprint density at radius 2 is 1.78 bits per heavy atom. The number of hydrogen-bond acceptors (Lipinski definition) is 7. The molecule has 0 spiro atoms. The molecule has 0 bridgehead atoms. The number of fused-ring (bicyclic) bond motifs is 1. The number of rotatable bonds is 9. The van der Waals surface area contributed by atoms with E-state index in [9.17, 15) is 22.8 Å². The molecule has 6 rings (SSSR count). The van der Waals surface area contributed by atoms with E-state index in [1.54, 1.807) is 47.4 Å². The molecule has 0 saturated carbocycles. The van der Waals surface area contributed by atoms with Crippen LogP contribution in [0.2, 0.25) is 0 Å². The number of carbonyl (C=O) groups is 2. The van der Waals surface area contributed by atoms with Crippen LogP contribution in [-0.2, 0) is 4.74 Å². The lowest BCUT2D eigenvalue weighted by Gasteiger charge is -2.34. The number of nitrogen functional groups attached to an aromatic ring is 1. The van der Waals surface area contributed by atoms with Crippen molar-refractivity contribution in [2.24, 2.45) is 0 Å². The summed E-state index contributed by atoms with van der Waals surface area (Å²) in [7, 11) is 0. The van der Waals surface area contributed by atoms with Crippen molar-refractivity contribution in [1.29, 1.82) is 0 Å². The Morgan fingerprint density at radius 1 is 1.04 bits per heavy atom. The normalized spacial score (nSPS) is 14.0. The van der Waals surface area contributed by atoms with E-state index in [1.807, 2.05) is 33.8 Å². The van der Waals surface area contributed by atoms with E-state index < -0.39 is 36.3 Å². The summed E-state index contributed by atoms with van der Waals surface area (Å²) in [5, 5.41) is 4.97. The van der Waals surface area contributed by atoms with Gasteiger partial charge in [0.05, 0.1) is 23.1 Å². The van der Waals surface area contributed by atoms with Crippen molar-refractivity contribution in [2.75, 3.05) is 25.4 Å². The lowest BCUT2D eigenvalue weighted by atomic mass is 9.88. The fraction of sp³-hybridized carbons (Fsp3) is 0.324. The maximum Gasteiger partial charge on any atom is 0.410 e. The second kappa shape index (κ2) is 13.8. The number of hydrogen-bond donors (Lipinski definition) is 2. The van der Waals surface area contributed by atoms with Crippen molar-refractivity contribution in [2.45, 2.75) is 58.5 Å². The second-order valence-electron chi connectivity index (χ2n) is 13.3. The number of carbonyl (C=O) groups excluding carboxylic acids is 2. The number of halogens is 3. The molecule has 262 valence electrons. The predicted octanol–water partition coefficient (Wildman–Crippen LogP) is 8.17. The fourth-order valence-electron chi connectivity index (χ4n) is 6.05. The van der Waals surface area contributed by atoms with Crippen LogP contribution in [0, 0.1) is 12.7 Å². The molecule has 5 aromatic rings. The van der Waals surface area contributed by atoms with Crippen LogP contribution in [0.15, 0.2) is 66.9 Å². The van der Waals surface area contributed by atoms with Crippen LogP contribution in [0.5, 0.6) is 17.2 Å². The number of aryl methyl sites for hydroxylation is 1. The molecule has 0 radical (unpaired) electrons. The van der Waals surface area contributed by atoms with E-state index in [2.05, 4.69) is 10.1 Å². The van der Waals surface area contributed by atoms with E-state index in [1.165, 1.54) is 23.0 Å². The Bertz CT molecular complexity index is 2040. The number of amides is 1. The average Bonchev–Trinajstić information content (AvgIpc) is 3.66. The highest BCUT2D eigenvalue weighted by atomic mass is 19.3. The van der Waals surface area contributed by atoms with Gasteiger partial charge in [-0.2, -0.15) is 5.10 Å². The Balaban J connectivity index is 1.23. The van der Waals surface area contributed by atoms with Gasteiger partial charge in [-0.05, 0) is 106 Å². The molecule has 1 amide bonds. The molecule has 1 saturated heterocycles. The zero-order valence-electron chi connectivity index (χ0n) is 28.1. The molecule has 1 aliphatic rings. The summed E-state index contributed by atoms with van der Waals surface area (Å²) in [6.45, 7) is 7.33. The standard InChI is InChI=1S/C37H38F3N5O5/c1-21-15-24(49-31-8-6-5-7-27(31)38)9-10-30(21)45-35(41)26(19-42-45)34(46)29-16-23-17-32(48-20-33(39)40)25(18-28(23)43-29)22-11-13-44(14-12-22)36(47)50-37(2,3)4/h5-10,15-19,22,33,43H,11-14,20,41H2,1-4H3. The number of ketones is 1. The first-order valence-corrected chi connectivity index (χ1v) is 16.2.